The molecule has 0 spiro atoms. The number of nitrogens with zero attached hydrogens (tertiary/aromatic N) is 1. The van der Waals surface area contributed by atoms with Crippen molar-refractivity contribution in [3.8, 4) is 11.5 Å². The largest absolute Gasteiger partial charge is 0.493 e. The van der Waals surface area contributed by atoms with Crippen molar-refractivity contribution in [2.75, 3.05) is 14.2 Å². The molecule has 2 aromatic rings. The Morgan fingerprint density at radius 1 is 1.35 bits per heavy atom. The van der Waals surface area contributed by atoms with Crippen LogP contribution in [-0.2, 0) is 0 Å². The van der Waals surface area contributed by atoms with Gasteiger partial charge in [-0.2, -0.15) is 0 Å². The lowest BCUT2D eigenvalue weighted by molar-refractivity contribution is 0.0998. The van der Waals surface area contributed by atoms with Gasteiger partial charge in [-0.15, -0.1) is 0 Å². The zero-order valence-electron chi connectivity index (χ0n) is 9.56. The predicted molar refractivity (Wildman–Crippen MR) is 63.4 cm³/mol. The molecule has 88 valence electrons. The van der Waals surface area contributed by atoms with Gasteiger partial charge in [0, 0.05) is 23.2 Å². The lowest BCUT2D eigenvalue weighted by Crippen LogP contribution is -2.13. The van der Waals surface area contributed by atoms with E-state index in [0.29, 0.717) is 22.4 Å². The standard InChI is InChI=1S/C12H12N2O3/c1-16-9-5-7-6-14-4-3-8(7)10(12(13)15)11(9)17-2/h3-6H,1-2H3,(H2,13,15). The molecule has 5 heteroatoms. The predicted octanol–water partition coefficient (Wildman–Crippen LogP) is 1.35. The number of primary amides is 1. The van der Waals surface area contributed by atoms with Crippen molar-refractivity contribution in [2.24, 2.45) is 5.73 Å². The van der Waals surface area contributed by atoms with E-state index in [4.69, 9.17) is 15.2 Å². The highest BCUT2D eigenvalue weighted by molar-refractivity contribution is 6.09. The highest BCUT2D eigenvalue weighted by atomic mass is 16.5. The topological polar surface area (TPSA) is 74.4 Å². The number of rotatable bonds is 3. The first-order valence-electron chi connectivity index (χ1n) is 4.97. The molecule has 0 fully saturated rings. The molecule has 1 aromatic carbocycles. The number of aromatic nitrogens is 1. The zero-order valence-corrected chi connectivity index (χ0v) is 9.56. The van der Waals surface area contributed by atoms with Gasteiger partial charge < -0.3 is 15.2 Å². The van der Waals surface area contributed by atoms with Gasteiger partial charge in [0.2, 0.25) is 0 Å². The fourth-order valence-electron chi connectivity index (χ4n) is 1.80. The summed E-state index contributed by atoms with van der Waals surface area (Å²) >= 11 is 0. The molecule has 0 aliphatic rings. The number of carbonyl (C=O) groups is 1. The number of hydrogen-bond acceptors (Lipinski definition) is 4. The normalized spacial score (nSPS) is 10.2. The molecular weight excluding hydrogens is 220 g/mol. The molecule has 1 aromatic heterocycles. The maximum absolute atomic E-state index is 11.5. The molecular formula is C12H12N2O3. The van der Waals surface area contributed by atoms with E-state index in [1.54, 1.807) is 24.5 Å². The van der Waals surface area contributed by atoms with Gasteiger partial charge in [-0.25, -0.2) is 0 Å². The Hall–Kier alpha value is -2.30. The van der Waals surface area contributed by atoms with E-state index in [1.807, 2.05) is 0 Å². The lowest BCUT2D eigenvalue weighted by atomic mass is 10.0. The van der Waals surface area contributed by atoms with Crippen molar-refractivity contribution in [3.63, 3.8) is 0 Å². The average molecular weight is 232 g/mol. The van der Waals surface area contributed by atoms with Crippen molar-refractivity contribution < 1.29 is 14.3 Å². The number of amides is 1. The van der Waals surface area contributed by atoms with Crippen molar-refractivity contribution >= 4 is 16.7 Å². The first-order valence-corrected chi connectivity index (χ1v) is 4.97. The van der Waals surface area contributed by atoms with Gasteiger partial charge in [0.1, 0.15) is 0 Å². The number of carbonyl (C=O) groups excluding carboxylic acids is 1. The molecule has 17 heavy (non-hydrogen) atoms. The number of nitrogens with two attached hydrogens (primary N) is 1. The summed E-state index contributed by atoms with van der Waals surface area (Å²) in [6, 6.07) is 3.48. The second-order valence-corrected chi connectivity index (χ2v) is 3.45. The van der Waals surface area contributed by atoms with Crippen LogP contribution >= 0.6 is 0 Å². The Balaban J connectivity index is 2.90. The highest BCUT2D eigenvalue weighted by Crippen LogP contribution is 2.36. The van der Waals surface area contributed by atoms with Crippen LogP contribution in [0.4, 0.5) is 0 Å². The van der Waals surface area contributed by atoms with Crippen LogP contribution < -0.4 is 15.2 Å². The van der Waals surface area contributed by atoms with Gasteiger partial charge >= 0.3 is 0 Å². The molecule has 0 aliphatic carbocycles. The second kappa shape index (κ2) is 4.29. The first kappa shape index (κ1) is 11.2. The Morgan fingerprint density at radius 3 is 2.71 bits per heavy atom. The van der Waals surface area contributed by atoms with Gasteiger partial charge in [0.15, 0.2) is 11.5 Å². The number of methoxy groups -OCH3 is 2. The van der Waals surface area contributed by atoms with Gasteiger partial charge in [-0.3, -0.25) is 9.78 Å². The third-order valence-corrected chi connectivity index (χ3v) is 2.53. The van der Waals surface area contributed by atoms with Crippen LogP contribution in [0.15, 0.2) is 24.5 Å². The van der Waals surface area contributed by atoms with Crippen molar-refractivity contribution in [3.05, 3.63) is 30.1 Å². The first-order chi connectivity index (χ1) is 8.19. The lowest BCUT2D eigenvalue weighted by Gasteiger charge is -2.13. The molecule has 0 aliphatic heterocycles. The third kappa shape index (κ3) is 1.75. The van der Waals surface area contributed by atoms with Crippen LogP contribution in [0.25, 0.3) is 10.8 Å². The molecule has 2 rings (SSSR count). The van der Waals surface area contributed by atoms with Gasteiger partial charge in [-0.1, -0.05) is 0 Å². The number of ether oxygens (including phenoxy) is 2. The second-order valence-electron chi connectivity index (χ2n) is 3.45. The zero-order chi connectivity index (χ0) is 12.4. The maximum Gasteiger partial charge on any atom is 0.253 e. The molecule has 0 bridgehead atoms. The Bertz CT molecular complexity index is 581. The minimum Gasteiger partial charge on any atom is -0.493 e. The van der Waals surface area contributed by atoms with Gasteiger partial charge in [0.25, 0.3) is 5.91 Å². The third-order valence-electron chi connectivity index (χ3n) is 2.53. The maximum atomic E-state index is 11.5. The molecule has 5 nitrogen and oxygen atoms in total. The minimum atomic E-state index is -0.558. The number of hydrogen-bond donors (Lipinski definition) is 1. The molecule has 0 saturated heterocycles. The van der Waals surface area contributed by atoms with Gasteiger partial charge in [-0.05, 0) is 12.1 Å². The van der Waals surface area contributed by atoms with Crippen LogP contribution in [0.5, 0.6) is 11.5 Å². The summed E-state index contributed by atoms with van der Waals surface area (Å²) in [4.78, 5) is 15.5. The fraction of sp³-hybridized carbons (Fsp3) is 0.167. The fourth-order valence-corrected chi connectivity index (χ4v) is 1.80. The Morgan fingerprint density at radius 2 is 2.12 bits per heavy atom. The smallest absolute Gasteiger partial charge is 0.253 e. The van der Waals surface area contributed by atoms with Crippen molar-refractivity contribution in [2.45, 2.75) is 0 Å². The summed E-state index contributed by atoms with van der Waals surface area (Å²) in [7, 11) is 2.97. The van der Waals surface area contributed by atoms with E-state index < -0.39 is 5.91 Å². The van der Waals surface area contributed by atoms with Crippen molar-refractivity contribution in [1.82, 2.24) is 4.98 Å². The molecule has 2 N–H and O–H groups in total. The van der Waals surface area contributed by atoms with E-state index in [-0.39, 0.29) is 0 Å². The summed E-state index contributed by atoms with van der Waals surface area (Å²) in [6.45, 7) is 0. The molecule has 1 amide bonds. The molecule has 0 atom stereocenters. The SMILES string of the molecule is COc1cc2cnccc2c(C(N)=O)c1OC. The van der Waals surface area contributed by atoms with Crippen LogP contribution in [0, 0.1) is 0 Å². The Kier molecular flexibility index (Phi) is 2.82. The summed E-state index contributed by atoms with van der Waals surface area (Å²) in [6.07, 6.45) is 3.24. The van der Waals surface area contributed by atoms with Crippen LogP contribution in [0.3, 0.4) is 0 Å². The summed E-state index contributed by atoms with van der Waals surface area (Å²) in [5.41, 5.74) is 5.69. The number of pyridine rings is 1. The van der Waals surface area contributed by atoms with Crippen molar-refractivity contribution in [1.29, 1.82) is 0 Å². The average Bonchev–Trinajstić information content (AvgIpc) is 2.35. The highest BCUT2D eigenvalue weighted by Gasteiger charge is 2.18. The van der Waals surface area contributed by atoms with E-state index >= 15 is 0 Å². The van der Waals surface area contributed by atoms with Crippen LogP contribution in [0.1, 0.15) is 10.4 Å². The van der Waals surface area contributed by atoms with Crippen LogP contribution in [-0.4, -0.2) is 25.1 Å². The number of fused-ring (bicyclic) bond motifs is 1. The molecule has 0 saturated carbocycles. The van der Waals surface area contributed by atoms with Gasteiger partial charge in [0.05, 0.1) is 19.8 Å². The molecule has 1 heterocycles. The summed E-state index contributed by atoms with van der Waals surface area (Å²) in [5.74, 6) is 0.248. The molecule has 0 radical (unpaired) electrons. The Labute approximate surface area is 98.2 Å². The van der Waals surface area contributed by atoms with E-state index in [9.17, 15) is 4.79 Å². The monoisotopic (exact) mass is 232 g/mol. The number of benzene rings is 1. The van der Waals surface area contributed by atoms with E-state index in [2.05, 4.69) is 4.98 Å². The minimum absolute atomic E-state index is 0.309. The molecule has 0 unspecified atom stereocenters. The summed E-state index contributed by atoms with van der Waals surface area (Å²) < 4.78 is 10.4. The quantitative estimate of drug-likeness (QED) is 0.866. The van der Waals surface area contributed by atoms with Crippen LogP contribution in [0.2, 0.25) is 0 Å². The summed E-state index contributed by atoms with van der Waals surface area (Å²) in [5, 5.41) is 1.48. The van der Waals surface area contributed by atoms with E-state index in [1.165, 1.54) is 14.2 Å². The van der Waals surface area contributed by atoms with E-state index in [0.717, 1.165) is 5.39 Å².